The number of amides is 1. The molecule has 1 atom stereocenters. The summed E-state index contributed by atoms with van der Waals surface area (Å²) in [7, 11) is 0. The molecule has 0 saturated carbocycles. The summed E-state index contributed by atoms with van der Waals surface area (Å²) >= 11 is 0. The topological polar surface area (TPSA) is 117 Å². The lowest BCUT2D eigenvalue weighted by atomic mass is 9.68. The summed E-state index contributed by atoms with van der Waals surface area (Å²) in [5, 5.41) is 19.5. The van der Waals surface area contributed by atoms with E-state index in [4.69, 9.17) is 10.5 Å². The first-order valence-electron chi connectivity index (χ1n) is 7.07. The van der Waals surface area contributed by atoms with Gasteiger partial charge in [-0.05, 0) is 25.5 Å². The van der Waals surface area contributed by atoms with Crippen molar-refractivity contribution < 1.29 is 9.53 Å². The highest BCUT2D eigenvalue weighted by Gasteiger charge is 2.58. The molecule has 1 spiro atoms. The number of aryl methyl sites for hydroxylation is 2. The number of rotatable bonds is 0. The van der Waals surface area contributed by atoms with Gasteiger partial charge in [-0.2, -0.15) is 5.26 Å². The van der Waals surface area contributed by atoms with Crippen LogP contribution in [0.25, 0.3) is 0 Å². The third-order valence-corrected chi connectivity index (χ3v) is 4.47. The maximum atomic E-state index is 13.0. The summed E-state index contributed by atoms with van der Waals surface area (Å²) in [5.74, 6) is -0.196. The second-order valence-corrected chi connectivity index (χ2v) is 5.68. The zero-order valence-corrected chi connectivity index (χ0v) is 12.5. The van der Waals surface area contributed by atoms with Crippen LogP contribution in [0.5, 0.6) is 5.88 Å². The predicted octanol–water partition coefficient (Wildman–Crippen LogP) is 1.35. The first-order valence-corrected chi connectivity index (χ1v) is 7.07. The number of carbonyl (C=O) groups excluding carboxylic acids is 1. The number of ether oxygens (including phenoxy) is 1. The van der Waals surface area contributed by atoms with Crippen LogP contribution in [0.2, 0.25) is 0 Å². The summed E-state index contributed by atoms with van der Waals surface area (Å²) in [6.07, 6.45) is 0. The van der Waals surface area contributed by atoms with Gasteiger partial charge in [-0.15, -0.1) is 5.10 Å². The Kier molecular flexibility index (Phi) is 2.41. The van der Waals surface area contributed by atoms with Crippen molar-refractivity contribution in [2.24, 2.45) is 5.73 Å². The van der Waals surface area contributed by atoms with E-state index in [1.165, 1.54) is 0 Å². The minimum atomic E-state index is -1.33. The molecule has 4 rings (SSSR count). The van der Waals surface area contributed by atoms with E-state index >= 15 is 0 Å². The number of hydrogen-bond donors (Lipinski definition) is 3. The van der Waals surface area contributed by atoms with Gasteiger partial charge in [0.25, 0.3) is 0 Å². The summed E-state index contributed by atoms with van der Waals surface area (Å²) < 4.78 is 5.46. The number of fused-ring (bicyclic) bond motifs is 4. The largest absolute Gasteiger partial charge is 0.420 e. The van der Waals surface area contributed by atoms with Gasteiger partial charge in [-0.1, -0.05) is 12.1 Å². The van der Waals surface area contributed by atoms with E-state index in [-0.39, 0.29) is 23.2 Å². The number of aromatic nitrogens is 2. The third-order valence-electron chi connectivity index (χ3n) is 4.47. The highest BCUT2D eigenvalue weighted by molar-refractivity contribution is 6.13. The van der Waals surface area contributed by atoms with Crippen LogP contribution in [0.4, 0.5) is 5.69 Å². The van der Waals surface area contributed by atoms with Crippen molar-refractivity contribution in [1.29, 1.82) is 5.26 Å². The van der Waals surface area contributed by atoms with E-state index in [0.717, 1.165) is 11.1 Å². The highest BCUT2D eigenvalue weighted by atomic mass is 16.5. The predicted molar refractivity (Wildman–Crippen MR) is 81.4 cm³/mol. The lowest BCUT2D eigenvalue weighted by molar-refractivity contribution is -0.118. The molecular formula is C16H13N5O2. The standard InChI is InChI=1S/C16H13N5O2/c1-7-4-3-5-10-11(7)16(15(22)19-10)9(6-17)13(18)23-14-12(16)8(2)20-21-14/h3-5H,18H2,1-2H3,(H,19,22)(H,20,21). The van der Waals surface area contributed by atoms with Crippen molar-refractivity contribution in [3.63, 3.8) is 0 Å². The first kappa shape index (κ1) is 13.4. The molecule has 7 heteroatoms. The van der Waals surface area contributed by atoms with Gasteiger partial charge < -0.3 is 15.8 Å². The van der Waals surface area contributed by atoms with Gasteiger partial charge in [0.15, 0.2) is 0 Å². The molecule has 2 aromatic rings. The Morgan fingerprint density at radius 1 is 1.35 bits per heavy atom. The molecule has 2 aliphatic rings. The van der Waals surface area contributed by atoms with E-state index in [9.17, 15) is 10.1 Å². The lowest BCUT2D eigenvalue weighted by Gasteiger charge is -2.32. The number of nitriles is 1. The van der Waals surface area contributed by atoms with E-state index in [1.807, 2.05) is 25.1 Å². The van der Waals surface area contributed by atoms with E-state index in [2.05, 4.69) is 21.6 Å². The second-order valence-electron chi connectivity index (χ2n) is 5.68. The average molecular weight is 307 g/mol. The fourth-order valence-electron chi connectivity index (χ4n) is 3.60. The molecule has 0 radical (unpaired) electrons. The molecular weight excluding hydrogens is 294 g/mol. The Morgan fingerprint density at radius 2 is 2.13 bits per heavy atom. The minimum absolute atomic E-state index is 0.0834. The Morgan fingerprint density at radius 3 is 2.87 bits per heavy atom. The number of carbonyl (C=O) groups is 1. The minimum Gasteiger partial charge on any atom is -0.420 e. The molecule has 3 heterocycles. The van der Waals surface area contributed by atoms with E-state index in [1.54, 1.807) is 6.92 Å². The van der Waals surface area contributed by atoms with E-state index in [0.29, 0.717) is 16.9 Å². The Balaban J connectivity index is 2.22. The molecule has 0 fully saturated rings. The van der Waals surface area contributed by atoms with Crippen LogP contribution < -0.4 is 15.8 Å². The number of nitrogens with one attached hydrogen (secondary N) is 2. The van der Waals surface area contributed by atoms with Crippen LogP contribution in [-0.4, -0.2) is 16.1 Å². The highest BCUT2D eigenvalue weighted by Crippen LogP contribution is 2.54. The molecule has 1 amide bonds. The molecule has 1 aromatic carbocycles. The third kappa shape index (κ3) is 1.38. The molecule has 4 N–H and O–H groups in total. The van der Waals surface area contributed by atoms with Crippen molar-refractivity contribution in [2.45, 2.75) is 19.3 Å². The molecule has 0 saturated heterocycles. The van der Waals surface area contributed by atoms with Crippen LogP contribution in [0.15, 0.2) is 29.7 Å². The zero-order valence-electron chi connectivity index (χ0n) is 12.5. The Bertz CT molecular complexity index is 950. The van der Waals surface area contributed by atoms with Crippen LogP contribution in [0.1, 0.15) is 22.4 Å². The molecule has 1 aromatic heterocycles. The molecule has 7 nitrogen and oxygen atoms in total. The maximum absolute atomic E-state index is 13.0. The number of benzene rings is 1. The number of nitrogens with zero attached hydrogens (tertiary/aromatic N) is 2. The zero-order chi connectivity index (χ0) is 16.4. The molecule has 1 unspecified atom stereocenters. The summed E-state index contributed by atoms with van der Waals surface area (Å²) in [4.78, 5) is 13.0. The normalized spacial score (nSPS) is 21.5. The SMILES string of the molecule is Cc1cccc2c1C1(C(=O)N2)C(C#N)=C(N)Oc2n[nH]c(C)c21. The van der Waals surface area contributed by atoms with Crippen LogP contribution in [0, 0.1) is 25.2 Å². The number of H-pyrrole nitrogens is 1. The van der Waals surface area contributed by atoms with Gasteiger partial charge in [0.2, 0.25) is 17.7 Å². The maximum Gasteiger partial charge on any atom is 0.245 e. The van der Waals surface area contributed by atoms with Gasteiger partial charge in [-0.25, -0.2) is 0 Å². The average Bonchev–Trinajstić information content (AvgIpc) is 3.00. The summed E-state index contributed by atoms with van der Waals surface area (Å²) in [5.41, 5.74) is 8.16. The van der Waals surface area contributed by atoms with E-state index < -0.39 is 5.41 Å². The Hall–Kier alpha value is -3.27. The van der Waals surface area contributed by atoms with Crippen LogP contribution in [0.3, 0.4) is 0 Å². The first-order chi connectivity index (χ1) is 11.0. The molecule has 23 heavy (non-hydrogen) atoms. The second kappa shape index (κ2) is 4.14. The monoisotopic (exact) mass is 307 g/mol. The lowest BCUT2D eigenvalue weighted by Crippen LogP contribution is -2.43. The smallest absolute Gasteiger partial charge is 0.245 e. The quantitative estimate of drug-likeness (QED) is 0.679. The van der Waals surface area contributed by atoms with Crippen LogP contribution in [-0.2, 0) is 10.2 Å². The summed E-state index contributed by atoms with van der Waals surface area (Å²) in [6, 6.07) is 7.64. The Labute approximate surface area is 131 Å². The molecule has 2 aliphatic heterocycles. The van der Waals surface area contributed by atoms with Crippen LogP contribution >= 0.6 is 0 Å². The molecule has 0 bridgehead atoms. The van der Waals surface area contributed by atoms with Gasteiger partial charge in [-0.3, -0.25) is 9.89 Å². The molecule has 0 aliphatic carbocycles. The van der Waals surface area contributed by atoms with Crippen molar-refractivity contribution in [3.05, 3.63) is 52.0 Å². The number of anilines is 1. The van der Waals surface area contributed by atoms with Crippen molar-refractivity contribution in [2.75, 3.05) is 5.32 Å². The van der Waals surface area contributed by atoms with Gasteiger partial charge in [0, 0.05) is 16.9 Å². The van der Waals surface area contributed by atoms with Gasteiger partial charge >= 0.3 is 0 Å². The van der Waals surface area contributed by atoms with Gasteiger partial charge in [0.05, 0.1) is 5.56 Å². The number of hydrogen-bond acceptors (Lipinski definition) is 5. The summed E-state index contributed by atoms with van der Waals surface area (Å²) in [6.45, 7) is 3.69. The van der Waals surface area contributed by atoms with Crippen molar-refractivity contribution in [3.8, 4) is 11.9 Å². The van der Waals surface area contributed by atoms with Gasteiger partial charge in [0.1, 0.15) is 17.1 Å². The fraction of sp³-hybridized carbons (Fsp3) is 0.188. The van der Waals surface area contributed by atoms with Crippen molar-refractivity contribution in [1.82, 2.24) is 10.2 Å². The number of nitrogens with two attached hydrogens (primary N) is 1. The number of aromatic amines is 1. The molecule has 114 valence electrons. The van der Waals surface area contributed by atoms with Crippen molar-refractivity contribution >= 4 is 11.6 Å². The fourth-order valence-corrected chi connectivity index (χ4v) is 3.60.